The Bertz CT molecular complexity index is 313. The highest BCUT2D eigenvalue weighted by molar-refractivity contribution is 9.09. The molecule has 0 saturated heterocycles. The van der Waals surface area contributed by atoms with Crippen molar-refractivity contribution in [1.29, 1.82) is 0 Å². The first-order valence-corrected chi connectivity index (χ1v) is 7.18. The maximum absolute atomic E-state index is 6.03. The Morgan fingerprint density at radius 1 is 1.31 bits per heavy atom. The lowest BCUT2D eigenvalue weighted by atomic mass is 10.1. The number of alkyl halides is 1. The first-order valence-electron chi connectivity index (χ1n) is 5.68. The van der Waals surface area contributed by atoms with Crippen LogP contribution in [0.15, 0.2) is 24.3 Å². The maximum Gasteiger partial charge on any atom is 0.0925 e. The highest BCUT2D eigenvalue weighted by Crippen LogP contribution is 2.25. The minimum atomic E-state index is 0.0867. The molecule has 3 heteroatoms. The molecule has 0 aliphatic heterocycles. The van der Waals surface area contributed by atoms with Gasteiger partial charge in [0.05, 0.1) is 12.2 Å². The summed E-state index contributed by atoms with van der Waals surface area (Å²) in [4.78, 5) is 0. The van der Waals surface area contributed by atoms with Crippen molar-refractivity contribution in [3.8, 4) is 0 Å². The van der Waals surface area contributed by atoms with Gasteiger partial charge >= 0.3 is 0 Å². The lowest BCUT2D eigenvalue weighted by molar-refractivity contribution is -0.00392. The summed E-state index contributed by atoms with van der Waals surface area (Å²) in [6.07, 6.45) is 2.49. The van der Waals surface area contributed by atoms with Crippen LogP contribution < -0.4 is 0 Å². The third-order valence-corrected chi connectivity index (χ3v) is 3.45. The molecule has 0 fully saturated rings. The van der Waals surface area contributed by atoms with Crippen LogP contribution in [-0.2, 0) is 4.74 Å². The van der Waals surface area contributed by atoms with Crippen molar-refractivity contribution in [2.24, 2.45) is 0 Å². The van der Waals surface area contributed by atoms with Crippen LogP contribution in [-0.4, -0.2) is 11.4 Å². The molecule has 1 rings (SSSR count). The number of hydrogen-bond donors (Lipinski definition) is 0. The van der Waals surface area contributed by atoms with Gasteiger partial charge in [0.15, 0.2) is 0 Å². The van der Waals surface area contributed by atoms with Crippen molar-refractivity contribution in [2.45, 2.75) is 38.9 Å². The Kier molecular flexibility index (Phi) is 6.40. The molecule has 0 heterocycles. The Balaban J connectivity index is 2.74. The van der Waals surface area contributed by atoms with Gasteiger partial charge in [0, 0.05) is 10.4 Å². The summed E-state index contributed by atoms with van der Waals surface area (Å²) in [7, 11) is 0. The fraction of sp³-hybridized carbons (Fsp3) is 0.538. The van der Waals surface area contributed by atoms with Crippen molar-refractivity contribution in [3.05, 3.63) is 34.9 Å². The summed E-state index contributed by atoms with van der Waals surface area (Å²) < 4.78 is 6.03. The molecule has 1 nitrogen and oxygen atoms in total. The van der Waals surface area contributed by atoms with E-state index in [1.807, 2.05) is 18.2 Å². The molecule has 16 heavy (non-hydrogen) atoms. The molecule has 1 unspecified atom stereocenters. The van der Waals surface area contributed by atoms with Crippen molar-refractivity contribution in [1.82, 2.24) is 0 Å². The number of halogens is 2. The average Bonchev–Trinajstić information content (AvgIpc) is 2.31. The zero-order valence-electron chi connectivity index (χ0n) is 9.75. The second-order valence-electron chi connectivity index (χ2n) is 3.77. The van der Waals surface area contributed by atoms with Crippen molar-refractivity contribution in [3.63, 3.8) is 0 Å². The first-order chi connectivity index (χ1) is 7.71. The van der Waals surface area contributed by atoms with Crippen LogP contribution >= 0.6 is 27.5 Å². The number of rotatable bonds is 6. The Morgan fingerprint density at radius 2 is 2.00 bits per heavy atom. The van der Waals surface area contributed by atoms with Gasteiger partial charge in [-0.2, -0.15) is 0 Å². The molecule has 0 bridgehead atoms. The minimum Gasteiger partial charge on any atom is -0.369 e. The van der Waals surface area contributed by atoms with Crippen molar-refractivity contribution >= 4 is 27.5 Å². The number of benzene rings is 1. The fourth-order valence-electron chi connectivity index (χ4n) is 1.62. The van der Waals surface area contributed by atoms with Gasteiger partial charge in [-0.05, 0) is 30.5 Å². The first kappa shape index (κ1) is 14.0. The highest BCUT2D eigenvalue weighted by atomic mass is 79.9. The Labute approximate surface area is 111 Å². The average molecular weight is 306 g/mol. The summed E-state index contributed by atoms with van der Waals surface area (Å²) in [5.41, 5.74) is 1.14. The zero-order chi connectivity index (χ0) is 12.0. The zero-order valence-corrected chi connectivity index (χ0v) is 12.1. The van der Waals surface area contributed by atoms with Gasteiger partial charge in [0.1, 0.15) is 0 Å². The van der Waals surface area contributed by atoms with Gasteiger partial charge in [-0.3, -0.25) is 0 Å². The van der Waals surface area contributed by atoms with E-state index in [0.717, 1.165) is 28.8 Å². The summed E-state index contributed by atoms with van der Waals surface area (Å²) in [6.45, 7) is 4.30. The van der Waals surface area contributed by atoms with Crippen molar-refractivity contribution < 1.29 is 4.74 Å². The molecule has 0 aliphatic rings. The van der Waals surface area contributed by atoms with Crippen LogP contribution in [0.25, 0.3) is 0 Å². The fourth-order valence-corrected chi connectivity index (χ4v) is 2.35. The van der Waals surface area contributed by atoms with Gasteiger partial charge in [0.2, 0.25) is 0 Å². The van der Waals surface area contributed by atoms with Crippen molar-refractivity contribution in [2.75, 3.05) is 5.33 Å². The molecule has 0 radical (unpaired) electrons. The molecule has 0 aromatic heterocycles. The van der Waals surface area contributed by atoms with Crippen LogP contribution in [0.3, 0.4) is 0 Å². The van der Waals surface area contributed by atoms with E-state index in [1.165, 1.54) is 0 Å². The largest absolute Gasteiger partial charge is 0.369 e. The summed E-state index contributed by atoms with van der Waals surface area (Å²) in [5.74, 6) is 0. The molecule has 1 aromatic rings. The third-order valence-electron chi connectivity index (χ3n) is 2.63. The van der Waals surface area contributed by atoms with Gasteiger partial charge in [-0.15, -0.1) is 0 Å². The number of hydrogen-bond acceptors (Lipinski definition) is 1. The second-order valence-corrected chi connectivity index (χ2v) is 4.86. The van der Waals surface area contributed by atoms with Crippen LogP contribution in [0.5, 0.6) is 0 Å². The van der Waals surface area contributed by atoms with E-state index >= 15 is 0 Å². The second kappa shape index (κ2) is 7.31. The van der Waals surface area contributed by atoms with E-state index in [0.29, 0.717) is 6.10 Å². The highest BCUT2D eigenvalue weighted by Gasteiger charge is 2.15. The van der Waals surface area contributed by atoms with E-state index in [-0.39, 0.29) is 6.10 Å². The van der Waals surface area contributed by atoms with Crippen LogP contribution in [0, 0.1) is 0 Å². The molecule has 1 atom stereocenters. The molecule has 0 saturated carbocycles. The molecule has 1 aromatic carbocycles. The van der Waals surface area contributed by atoms with E-state index in [1.54, 1.807) is 0 Å². The van der Waals surface area contributed by atoms with Crippen LogP contribution in [0.4, 0.5) is 0 Å². The molecule has 0 N–H and O–H groups in total. The summed E-state index contributed by atoms with van der Waals surface area (Å²) in [6, 6.07) is 7.87. The lowest BCUT2D eigenvalue weighted by Gasteiger charge is -2.22. The summed E-state index contributed by atoms with van der Waals surface area (Å²) in [5, 5.41) is 1.56. The molecule has 90 valence electrons. The predicted molar refractivity (Wildman–Crippen MR) is 73.4 cm³/mol. The van der Waals surface area contributed by atoms with E-state index in [9.17, 15) is 0 Å². The van der Waals surface area contributed by atoms with Gasteiger partial charge in [-0.25, -0.2) is 0 Å². The van der Waals surface area contributed by atoms with Gasteiger partial charge in [-0.1, -0.05) is 53.5 Å². The molecular formula is C13H18BrClO. The third kappa shape index (κ3) is 4.08. The summed E-state index contributed by atoms with van der Waals surface area (Å²) >= 11 is 9.48. The Hall–Kier alpha value is -0.0500. The normalized spacial score (nSPS) is 13.1. The SMILES string of the molecule is CCC(CC)OC(CBr)c1cccc(Cl)c1. The molecular weight excluding hydrogens is 287 g/mol. The standard InChI is InChI=1S/C13H18BrClO/c1-3-12(4-2)16-13(9-14)10-6-5-7-11(15)8-10/h5-8,12-13H,3-4,9H2,1-2H3. The molecule has 0 amide bonds. The van der Waals surface area contributed by atoms with Gasteiger partial charge in [0.25, 0.3) is 0 Å². The predicted octanol–water partition coefficient (Wildman–Crippen LogP) is 4.98. The van der Waals surface area contributed by atoms with E-state index in [4.69, 9.17) is 16.3 Å². The quantitative estimate of drug-likeness (QED) is 0.673. The molecule has 0 spiro atoms. The lowest BCUT2D eigenvalue weighted by Crippen LogP contribution is -2.16. The van der Waals surface area contributed by atoms with E-state index in [2.05, 4.69) is 35.8 Å². The smallest absolute Gasteiger partial charge is 0.0925 e. The van der Waals surface area contributed by atoms with E-state index < -0.39 is 0 Å². The minimum absolute atomic E-state index is 0.0867. The monoisotopic (exact) mass is 304 g/mol. The molecule has 0 aliphatic carbocycles. The van der Waals surface area contributed by atoms with Crippen LogP contribution in [0.2, 0.25) is 5.02 Å². The van der Waals surface area contributed by atoms with Crippen LogP contribution in [0.1, 0.15) is 38.4 Å². The topological polar surface area (TPSA) is 9.23 Å². The number of ether oxygens (including phenoxy) is 1. The Morgan fingerprint density at radius 3 is 2.50 bits per heavy atom. The van der Waals surface area contributed by atoms with Gasteiger partial charge < -0.3 is 4.74 Å². The maximum atomic E-state index is 6.03.